The molecule has 0 aromatic carbocycles. The molecule has 112 valence electrons. The van der Waals surface area contributed by atoms with Gasteiger partial charge >= 0.3 is 0 Å². The third kappa shape index (κ3) is 2.58. The van der Waals surface area contributed by atoms with Crippen LogP contribution in [-0.4, -0.2) is 24.3 Å². The highest BCUT2D eigenvalue weighted by Crippen LogP contribution is 2.27. The number of rotatable bonds is 5. The summed E-state index contributed by atoms with van der Waals surface area (Å²) in [4.78, 5) is 9.06. The molecular formula is C14H18ClN5S. The maximum atomic E-state index is 6.32. The number of halogens is 1. The number of fused-ring (bicyclic) bond motifs is 1. The Labute approximate surface area is 132 Å². The van der Waals surface area contributed by atoms with Crippen LogP contribution in [0.4, 0.5) is 0 Å². The number of hydrogen-bond acceptors (Lipinski definition) is 4. The van der Waals surface area contributed by atoms with Crippen LogP contribution >= 0.6 is 22.9 Å². The molecule has 0 aliphatic rings. The van der Waals surface area contributed by atoms with E-state index in [0.717, 1.165) is 47.2 Å². The van der Waals surface area contributed by atoms with Crippen molar-refractivity contribution in [3.63, 3.8) is 0 Å². The summed E-state index contributed by atoms with van der Waals surface area (Å²) in [6.45, 7) is 7.69. The third-order valence-corrected chi connectivity index (χ3v) is 4.55. The third-order valence-electron chi connectivity index (χ3n) is 3.52. The van der Waals surface area contributed by atoms with Crippen molar-refractivity contribution in [1.29, 1.82) is 0 Å². The van der Waals surface area contributed by atoms with Crippen LogP contribution in [0.5, 0.6) is 0 Å². The summed E-state index contributed by atoms with van der Waals surface area (Å²) in [6.07, 6.45) is 2.72. The average molecular weight is 324 g/mol. The van der Waals surface area contributed by atoms with Crippen molar-refractivity contribution >= 4 is 34.1 Å². The van der Waals surface area contributed by atoms with Gasteiger partial charge in [0.2, 0.25) is 0 Å². The van der Waals surface area contributed by atoms with E-state index < -0.39 is 0 Å². The Morgan fingerprint density at radius 3 is 2.86 bits per heavy atom. The maximum Gasteiger partial charge on any atom is 0.158 e. The van der Waals surface area contributed by atoms with E-state index in [1.807, 2.05) is 30.1 Å². The van der Waals surface area contributed by atoms with Crippen molar-refractivity contribution < 1.29 is 0 Å². The molecule has 0 saturated heterocycles. The van der Waals surface area contributed by atoms with Crippen molar-refractivity contribution in [1.82, 2.24) is 24.3 Å². The first-order valence-corrected chi connectivity index (χ1v) is 8.39. The summed E-state index contributed by atoms with van der Waals surface area (Å²) in [5.41, 5.74) is 2.98. The Kier molecular flexibility index (Phi) is 3.99. The normalized spacial score (nSPS) is 13.1. The molecule has 0 spiro atoms. The van der Waals surface area contributed by atoms with Gasteiger partial charge in [0, 0.05) is 31.1 Å². The quantitative estimate of drug-likeness (QED) is 0.674. The first-order valence-electron chi connectivity index (χ1n) is 7.07. The minimum atomic E-state index is -0.126. The molecular weight excluding hydrogens is 306 g/mol. The predicted octanol–water partition coefficient (Wildman–Crippen LogP) is 3.56. The fourth-order valence-corrected chi connectivity index (χ4v) is 3.35. The maximum absolute atomic E-state index is 6.32. The fraction of sp³-hybridized carbons (Fsp3) is 0.500. The van der Waals surface area contributed by atoms with E-state index >= 15 is 0 Å². The Hall–Kier alpha value is -1.40. The Bertz CT molecular complexity index is 741. The van der Waals surface area contributed by atoms with Gasteiger partial charge in [-0.3, -0.25) is 0 Å². The van der Waals surface area contributed by atoms with Crippen LogP contribution in [-0.2, 0) is 19.5 Å². The summed E-state index contributed by atoms with van der Waals surface area (Å²) < 4.78 is 4.19. The van der Waals surface area contributed by atoms with E-state index in [-0.39, 0.29) is 5.38 Å². The zero-order chi connectivity index (χ0) is 15.0. The highest BCUT2D eigenvalue weighted by atomic mass is 35.5. The van der Waals surface area contributed by atoms with Crippen LogP contribution < -0.4 is 0 Å². The molecule has 0 saturated carbocycles. The molecule has 1 unspecified atom stereocenters. The summed E-state index contributed by atoms with van der Waals surface area (Å²) in [7, 11) is 0. The number of imidazole rings is 1. The van der Waals surface area contributed by atoms with Crippen molar-refractivity contribution in [2.24, 2.45) is 0 Å². The van der Waals surface area contributed by atoms with Gasteiger partial charge in [-0.1, -0.05) is 0 Å². The molecule has 0 fully saturated rings. The summed E-state index contributed by atoms with van der Waals surface area (Å²) in [5.74, 6) is 0.908. The molecule has 1 atom stereocenters. The van der Waals surface area contributed by atoms with Crippen LogP contribution in [0.1, 0.15) is 35.8 Å². The molecule has 5 nitrogen and oxygen atoms in total. The van der Waals surface area contributed by atoms with Crippen LogP contribution in [0.2, 0.25) is 0 Å². The van der Waals surface area contributed by atoms with E-state index in [2.05, 4.69) is 21.6 Å². The average Bonchev–Trinajstić information content (AvgIpc) is 3.13. The second-order valence-corrected chi connectivity index (χ2v) is 6.62. The molecule has 0 aliphatic carbocycles. The second kappa shape index (κ2) is 5.77. The molecule has 3 rings (SSSR count). The van der Waals surface area contributed by atoms with Gasteiger partial charge in [-0.2, -0.15) is 5.10 Å². The lowest BCUT2D eigenvalue weighted by molar-refractivity contribution is 0.607. The Balaban J connectivity index is 2.06. The van der Waals surface area contributed by atoms with Crippen molar-refractivity contribution in [2.45, 2.75) is 45.7 Å². The summed E-state index contributed by atoms with van der Waals surface area (Å²) in [5, 5.41) is 7.56. The molecule has 3 aromatic heterocycles. The first-order chi connectivity index (χ1) is 10.1. The van der Waals surface area contributed by atoms with Crippen LogP contribution in [0.15, 0.2) is 11.6 Å². The van der Waals surface area contributed by atoms with Gasteiger partial charge in [0.25, 0.3) is 0 Å². The lowest BCUT2D eigenvalue weighted by Crippen LogP contribution is -2.11. The molecule has 3 aromatic rings. The molecule has 3 heterocycles. The number of aryl methyl sites for hydroxylation is 4. The monoisotopic (exact) mass is 323 g/mol. The van der Waals surface area contributed by atoms with Gasteiger partial charge in [-0.25, -0.2) is 14.6 Å². The number of thiazole rings is 1. The zero-order valence-electron chi connectivity index (χ0n) is 12.4. The van der Waals surface area contributed by atoms with Crippen LogP contribution in [0.3, 0.4) is 0 Å². The van der Waals surface area contributed by atoms with E-state index in [4.69, 9.17) is 16.6 Å². The molecule has 21 heavy (non-hydrogen) atoms. The van der Waals surface area contributed by atoms with Gasteiger partial charge in [0.05, 0.1) is 16.1 Å². The molecule has 7 heteroatoms. The number of hydrogen-bond donors (Lipinski definition) is 0. The van der Waals surface area contributed by atoms with Gasteiger partial charge in [0.15, 0.2) is 5.65 Å². The molecule has 0 radical (unpaired) electrons. The van der Waals surface area contributed by atoms with Gasteiger partial charge in [-0.15, -0.1) is 22.9 Å². The van der Waals surface area contributed by atoms with Gasteiger partial charge in [-0.05, 0) is 20.8 Å². The first kappa shape index (κ1) is 14.5. The second-order valence-electron chi connectivity index (χ2n) is 4.99. The Morgan fingerprint density at radius 1 is 1.43 bits per heavy atom. The van der Waals surface area contributed by atoms with Crippen LogP contribution in [0.25, 0.3) is 11.2 Å². The van der Waals surface area contributed by atoms with E-state index in [1.54, 1.807) is 11.3 Å². The molecule has 0 bridgehead atoms. The number of alkyl halides is 1. The van der Waals surface area contributed by atoms with E-state index in [9.17, 15) is 0 Å². The van der Waals surface area contributed by atoms with Crippen molar-refractivity contribution in [3.05, 3.63) is 28.1 Å². The van der Waals surface area contributed by atoms with E-state index in [0.29, 0.717) is 0 Å². The number of nitrogens with zero attached hydrogens (tertiary/aromatic N) is 5. The fourth-order valence-electron chi connectivity index (χ4n) is 2.57. The highest BCUT2D eigenvalue weighted by Gasteiger charge is 2.20. The minimum absolute atomic E-state index is 0.126. The highest BCUT2D eigenvalue weighted by molar-refractivity contribution is 7.09. The van der Waals surface area contributed by atoms with Crippen molar-refractivity contribution in [2.75, 3.05) is 0 Å². The molecule has 0 amide bonds. The predicted molar refractivity (Wildman–Crippen MR) is 86.0 cm³/mol. The lowest BCUT2D eigenvalue weighted by Gasteiger charge is -2.10. The van der Waals surface area contributed by atoms with E-state index in [1.165, 1.54) is 0 Å². The lowest BCUT2D eigenvalue weighted by atomic mass is 10.4. The van der Waals surface area contributed by atoms with Crippen molar-refractivity contribution in [3.8, 4) is 0 Å². The topological polar surface area (TPSA) is 48.5 Å². The molecule has 0 aliphatic heterocycles. The largest absolute Gasteiger partial charge is 0.311 e. The SMILES string of the molecule is CCn1nc(C)c2nc(C(C)Cl)n(CCc3nccs3)c21. The van der Waals surface area contributed by atoms with Gasteiger partial charge in [0.1, 0.15) is 11.3 Å². The smallest absolute Gasteiger partial charge is 0.158 e. The van der Waals surface area contributed by atoms with Gasteiger partial charge < -0.3 is 4.57 Å². The summed E-state index contributed by atoms with van der Waals surface area (Å²) >= 11 is 8.00. The Morgan fingerprint density at radius 2 is 2.24 bits per heavy atom. The minimum Gasteiger partial charge on any atom is -0.311 e. The summed E-state index contributed by atoms with van der Waals surface area (Å²) in [6, 6.07) is 0. The van der Waals surface area contributed by atoms with Crippen LogP contribution in [0, 0.1) is 6.92 Å². The number of aromatic nitrogens is 5. The standard InChI is InChI=1S/C14H18ClN5S/c1-4-20-14-12(10(3)18-20)17-13(9(2)15)19(14)7-5-11-16-6-8-21-11/h6,8-9H,4-5,7H2,1-3H3. The zero-order valence-corrected chi connectivity index (χ0v) is 13.9. The molecule has 0 N–H and O–H groups in total.